The van der Waals surface area contributed by atoms with Gasteiger partial charge in [0.1, 0.15) is 5.44 Å². The molecule has 1 fully saturated rings. The third-order valence-electron chi connectivity index (χ3n) is 0.788. The molecule has 0 N–H and O–H groups in total. The van der Waals surface area contributed by atoms with E-state index < -0.39 is 0 Å². The van der Waals surface area contributed by atoms with Gasteiger partial charge in [0.2, 0.25) is 0 Å². The van der Waals surface area contributed by atoms with Crippen LogP contribution in [0.3, 0.4) is 0 Å². The standard InChI is InChI=1S/C4H8OS.C2H6/c1-4-5-2-3-6-4;1-2/h4H,2-3H2,1H3;1-2H3. The van der Waals surface area contributed by atoms with E-state index in [0.717, 1.165) is 6.61 Å². The maximum Gasteiger partial charge on any atom is 0.100 e. The number of rotatable bonds is 0. The van der Waals surface area contributed by atoms with Crippen LogP contribution >= 0.6 is 11.8 Å². The first kappa shape index (κ1) is 8.31. The molecule has 1 atom stereocenters. The van der Waals surface area contributed by atoms with Crippen LogP contribution in [0, 0.1) is 0 Å². The van der Waals surface area contributed by atoms with Crippen molar-refractivity contribution in [3.8, 4) is 0 Å². The average Bonchev–Trinajstić information content (AvgIpc) is 2.24. The third kappa shape index (κ3) is 3.33. The summed E-state index contributed by atoms with van der Waals surface area (Å²) in [6, 6.07) is 0. The molecular weight excluding hydrogens is 120 g/mol. The van der Waals surface area contributed by atoms with Gasteiger partial charge in [-0.15, -0.1) is 11.8 Å². The van der Waals surface area contributed by atoms with Crippen molar-refractivity contribution in [2.45, 2.75) is 26.2 Å². The molecule has 1 heterocycles. The highest BCUT2D eigenvalue weighted by molar-refractivity contribution is 7.99. The lowest BCUT2D eigenvalue weighted by Crippen LogP contribution is -1.90. The lowest BCUT2D eigenvalue weighted by atomic mass is 10.8. The summed E-state index contributed by atoms with van der Waals surface area (Å²) in [5, 5.41) is 0. The molecule has 2 heteroatoms. The zero-order chi connectivity index (χ0) is 6.41. The van der Waals surface area contributed by atoms with E-state index in [4.69, 9.17) is 4.74 Å². The Bertz CT molecular complexity index is 41.8. The second-order valence-electron chi connectivity index (χ2n) is 1.31. The first-order chi connectivity index (χ1) is 3.89. The molecule has 1 aliphatic rings. The van der Waals surface area contributed by atoms with Crippen LogP contribution in [0.4, 0.5) is 0 Å². The summed E-state index contributed by atoms with van der Waals surface area (Å²) in [5.74, 6) is 1.18. The van der Waals surface area contributed by atoms with Crippen LogP contribution in [0.1, 0.15) is 20.8 Å². The van der Waals surface area contributed by atoms with Crippen molar-refractivity contribution in [3.63, 3.8) is 0 Å². The summed E-state index contributed by atoms with van der Waals surface area (Å²) in [7, 11) is 0. The predicted octanol–water partition coefficient (Wildman–Crippen LogP) is 2.12. The summed E-state index contributed by atoms with van der Waals surface area (Å²) >= 11 is 1.87. The van der Waals surface area contributed by atoms with Gasteiger partial charge in [-0.25, -0.2) is 0 Å². The molecule has 8 heavy (non-hydrogen) atoms. The van der Waals surface area contributed by atoms with Crippen LogP contribution in [0.15, 0.2) is 0 Å². The Morgan fingerprint density at radius 2 is 2.12 bits per heavy atom. The lowest BCUT2D eigenvalue weighted by molar-refractivity contribution is 0.156. The van der Waals surface area contributed by atoms with Crippen molar-refractivity contribution in [1.29, 1.82) is 0 Å². The fourth-order valence-electron chi connectivity index (χ4n) is 0.476. The van der Waals surface area contributed by atoms with Crippen molar-refractivity contribution < 1.29 is 4.74 Å². The first-order valence-corrected chi connectivity index (χ1v) is 4.17. The molecule has 50 valence electrons. The van der Waals surface area contributed by atoms with E-state index in [1.165, 1.54) is 5.75 Å². The van der Waals surface area contributed by atoms with Crippen LogP contribution in [-0.2, 0) is 4.74 Å². The molecule has 1 aliphatic heterocycles. The molecule has 0 amide bonds. The topological polar surface area (TPSA) is 9.23 Å². The van der Waals surface area contributed by atoms with Crippen molar-refractivity contribution in [2.24, 2.45) is 0 Å². The summed E-state index contributed by atoms with van der Waals surface area (Å²) < 4.78 is 5.12. The molecule has 0 aromatic rings. The van der Waals surface area contributed by atoms with Gasteiger partial charge in [-0.2, -0.15) is 0 Å². The van der Waals surface area contributed by atoms with Crippen molar-refractivity contribution >= 4 is 11.8 Å². The van der Waals surface area contributed by atoms with E-state index in [2.05, 4.69) is 6.92 Å². The second-order valence-corrected chi connectivity index (χ2v) is 2.71. The Morgan fingerprint density at radius 3 is 2.25 bits per heavy atom. The van der Waals surface area contributed by atoms with Crippen molar-refractivity contribution in [1.82, 2.24) is 0 Å². The molecule has 1 saturated heterocycles. The Morgan fingerprint density at radius 1 is 1.50 bits per heavy atom. The molecule has 1 rings (SSSR count). The summed E-state index contributed by atoms with van der Waals surface area (Å²) in [6.45, 7) is 7.03. The molecule has 1 nitrogen and oxygen atoms in total. The van der Waals surface area contributed by atoms with Crippen LogP contribution in [0.5, 0.6) is 0 Å². The molecule has 0 aliphatic carbocycles. The van der Waals surface area contributed by atoms with Gasteiger partial charge in [-0.05, 0) is 6.92 Å². The minimum Gasteiger partial charge on any atom is -0.367 e. The molecule has 0 spiro atoms. The number of ether oxygens (including phenoxy) is 1. The van der Waals surface area contributed by atoms with Gasteiger partial charge >= 0.3 is 0 Å². The second kappa shape index (κ2) is 5.45. The van der Waals surface area contributed by atoms with Crippen LogP contribution < -0.4 is 0 Å². The van der Waals surface area contributed by atoms with Gasteiger partial charge in [-0.3, -0.25) is 0 Å². The highest BCUT2D eigenvalue weighted by Gasteiger charge is 2.07. The zero-order valence-corrected chi connectivity index (χ0v) is 6.62. The van der Waals surface area contributed by atoms with Gasteiger partial charge in [0.25, 0.3) is 0 Å². The Hall–Kier alpha value is 0.310. The highest BCUT2D eigenvalue weighted by atomic mass is 32.2. The van der Waals surface area contributed by atoms with E-state index in [-0.39, 0.29) is 0 Å². The fraction of sp³-hybridized carbons (Fsp3) is 1.00. The summed E-state index contributed by atoms with van der Waals surface area (Å²) in [4.78, 5) is 0. The monoisotopic (exact) mass is 134 g/mol. The largest absolute Gasteiger partial charge is 0.367 e. The maximum absolute atomic E-state index is 5.12. The molecule has 0 saturated carbocycles. The summed E-state index contributed by atoms with van der Waals surface area (Å²) in [6.07, 6.45) is 0. The molecule has 0 aromatic carbocycles. The SMILES string of the molecule is CC.CC1OCCS1. The Kier molecular flexibility index (Phi) is 5.66. The molecule has 0 bridgehead atoms. The van der Waals surface area contributed by atoms with Gasteiger partial charge in [-0.1, -0.05) is 13.8 Å². The number of hydrogen-bond donors (Lipinski definition) is 0. The Balaban J connectivity index is 0.000000222. The fourth-order valence-corrected chi connectivity index (χ4v) is 1.19. The smallest absolute Gasteiger partial charge is 0.100 e. The van der Waals surface area contributed by atoms with E-state index in [1.54, 1.807) is 0 Å². The van der Waals surface area contributed by atoms with E-state index in [9.17, 15) is 0 Å². The molecular formula is C6H14OS. The minimum absolute atomic E-state index is 0.463. The van der Waals surface area contributed by atoms with Crippen LogP contribution in [0.2, 0.25) is 0 Å². The molecule has 0 aromatic heterocycles. The minimum atomic E-state index is 0.463. The van der Waals surface area contributed by atoms with E-state index in [0.29, 0.717) is 5.44 Å². The third-order valence-corrected chi connectivity index (χ3v) is 1.80. The van der Waals surface area contributed by atoms with E-state index in [1.807, 2.05) is 25.6 Å². The first-order valence-electron chi connectivity index (χ1n) is 3.13. The van der Waals surface area contributed by atoms with E-state index >= 15 is 0 Å². The lowest BCUT2D eigenvalue weighted by Gasteiger charge is -1.93. The van der Waals surface area contributed by atoms with Crippen molar-refractivity contribution in [2.75, 3.05) is 12.4 Å². The van der Waals surface area contributed by atoms with Crippen LogP contribution in [0.25, 0.3) is 0 Å². The molecule has 0 radical (unpaired) electrons. The highest BCUT2D eigenvalue weighted by Crippen LogP contribution is 2.17. The molecule has 1 unspecified atom stereocenters. The zero-order valence-electron chi connectivity index (χ0n) is 5.81. The Labute approximate surface area is 55.8 Å². The predicted molar refractivity (Wildman–Crippen MR) is 39.2 cm³/mol. The quantitative estimate of drug-likeness (QED) is 0.502. The number of hydrogen-bond acceptors (Lipinski definition) is 2. The average molecular weight is 134 g/mol. The normalized spacial score (nSPS) is 26.6. The van der Waals surface area contributed by atoms with Gasteiger partial charge in [0, 0.05) is 5.75 Å². The summed E-state index contributed by atoms with van der Waals surface area (Å²) in [5.41, 5.74) is 0.463. The van der Waals surface area contributed by atoms with Gasteiger partial charge in [0.15, 0.2) is 0 Å². The maximum atomic E-state index is 5.12. The van der Waals surface area contributed by atoms with Gasteiger partial charge in [0.05, 0.1) is 6.61 Å². The van der Waals surface area contributed by atoms with Crippen molar-refractivity contribution in [3.05, 3.63) is 0 Å². The van der Waals surface area contributed by atoms with Crippen LogP contribution in [-0.4, -0.2) is 17.8 Å². The van der Waals surface area contributed by atoms with Gasteiger partial charge < -0.3 is 4.74 Å². The number of thioether (sulfide) groups is 1.